The lowest BCUT2D eigenvalue weighted by Crippen LogP contribution is -2.17. The number of hydrogen-bond acceptors (Lipinski definition) is 4. The summed E-state index contributed by atoms with van der Waals surface area (Å²) < 4.78 is 41.8. The maximum atomic E-state index is 13.0. The number of H-pyrrole nitrogens is 1. The van der Waals surface area contributed by atoms with Crippen molar-refractivity contribution in [3.05, 3.63) is 63.7 Å². The van der Waals surface area contributed by atoms with Crippen LogP contribution in [0, 0.1) is 0 Å². The smallest absolute Gasteiger partial charge is 0.331 e. The summed E-state index contributed by atoms with van der Waals surface area (Å²) in [6.45, 7) is 2.31. The highest BCUT2D eigenvalue weighted by atomic mass is 35.5. The number of alkyl halides is 3. The van der Waals surface area contributed by atoms with Gasteiger partial charge in [0.25, 0.3) is 0 Å². The largest absolute Gasteiger partial charge is 0.434 e. The molecule has 11 heteroatoms. The number of rotatable bonds is 4. The van der Waals surface area contributed by atoms with Gasteiger partial charge in [-0.2, -0.15) is 18.2 Å². The number of halogens is 4. The number of nitrogens with zero attached hydrogens (tertiary/aromatic N) is 5. The molecule has 0 bridgehead atoms. The second-order valence-electron chi connectivity index (χ2n) is 6.32. The fraction of sp³-hybridized carbons (Fsp3) is 0.222. The van der Waals surface area contributed by atoms with Crippen molar-refractivity contribution in [2.45, 2.75) is 26.2 Å². The van der Waals surface area contributed by atoms with Crippen LogP contribution in [0.4, 0.5) is 13.2 Å². The molecule has 1 N–H and O–H groups in total. The lowest BCUT2D eigenvalue weighted by molar-refractivity contribution is -0.140. The Morgan fingerprint density at radius 3 is 2.55 bits per heavy atom. The van der Waals surface area contributed by atoms with Gasteiger partial charge in [0.15, 0.2) is 11.3 Å². The summed E-state index contributed by atoms with van der Waals surface area (Å²) >= 11 is 5.81. The van der Waals surface area contributed by atoms with Gasteiger partial charge in [0.2, 0.25) is 5.28 Å². The zero-order chi connectivity index (χ0) is 20.8. The zero-order valence-corrected chi connectivity index (χ0v) is 15.8. The topological polar surface area (TPSA) is 81.4 Å². The number of fused-ring (bicyclic) bond motifs is 1. The Balaban J connectivity index is 1.66. The van der Waals surface area contributed by atoms with E-state index in [1.165, 1.54) is 15.3 Å². The molecule has 0 radical (unpaired) electrons. The van der Waals surface area contributed by atoms with Crippen LogP contribution in [0.15, 0.2) is 41.5 Å². The average Bonchev–Trinajstić information content (AvgIpc) is 3.24. The first-order valence-electron chi connectivity index (χ1n) is 8.61. The van der Waals surface area contributed by atoms with Crippen LogP contribution in [0.5, 0.6) is 0 Å². The van der Waals surface area contributed by atoms with Crippen molar-refractivity contribution in [3.63, 3.8) is 0 Å². The molecular weight excluding hydrogens is 409 g/mol. The van der Waals surface area contributed by atoms with Crippen LogP contribution in [0.2, 0.25) is 5.28 Å². The van der Waals surface area contributed by atoms with Crippen molar-refractivity contribution in [1.82, 2.24) is 29.1 Å². The third-order valence-electron chi connectivity index (χ3n) is 4.44. The Kier molecular flexibility index (Phi) is 4.65. The molecule has 4 rings (SSSR count). The summed E-state index contributed by atoms with van der Waals surface area (Å²) in [6, 6.07) is 6.80. The molecular formula is C18H14ClF3N6O. The first-order valence-corrected chi connectivity index (χ1v) is 8.99. The predicted molar refractivity (Wildman–Crippen MR) is 101 cm³/mol. The van der Waals surface area contributed by atoms with E-state index in [4.69, 9.17) is 11.6 Å². The summed E-state index contributed by atoms with van der Waals surface area (Å²) in [5.74, 6) is 0.232. The van der Waals surface area contributed by atoms with E-state index >= 15 is 0 Å². The van der Waals surface area contributed by atoms with E-state index in [0.29, 0.717) is 23.3 Å². The SMILES string of the molecule is CCn1cc(C(F)(F)F)nc1-c1ccc(Cn2c(=O)[nH]c3cnc(Cl)nc32)cc1. The first-order chi connectivity index (χ1) is 13.8. The highest BCUT2D eigenvalue weighted by molar-refractivity contribution is 6.28. The average molecular weight is 423 g/mol. The summed E-state index contributed by atoms with van der Waals surface area (Å²) in [6.07, 6.45) is -2.08. The Hall–Kier alpha value is -3.14. The monoisotopic (exact) mass is 422 g/mol. The van der Waals surface area contributed by atoms with Crippen LogP contribution >= 0.6 is 11.6 Å². The number of benzene rings is 1. The number of nitrogens with one attached hydrogen (secondary N) is 1. The van der Waals surface area contributed by atoms with Crippen molar-refractivity contribution in [2.75, 3.05) is 0 Å². The normalized spacial score (nSPS) is 12.0. The van der Waals surface area contributed by atoms with Gasteiger partial charge < -0.3 is 9.55 Å². The standard InChI is InChI=1S/C18H14ClF3N6O/c1-2-27-9-13(18(20,21)22)25-14(27)11-5-3-10(4-6-11)8-28-15-12(24-17(28)29)7-23-16(19)26-15/h3-7,9H,2,8H2,1H3,(H,24,29). The summed E-state index contributed by atoms with van der Waals surface area (Å²) in [5, 5.41) is 0.0208. The minimum Gasteiger partial charge on any atom is -0.331 e. The molecule has 0 aliphatic rings. The molecule has 3 heterocycles. The molecule has 0 saturated carbocycles. The van der Waals surface area contributed by atoms with Crippen LogP contribution < -0.4 is 5.69 Å². The van der Waals surface area contributed by atoms with E-state index in [2.05, 4.69) is 19.9 Å². The molecule has 0 fully saturated rings. The molecule has 7 nitrogen and oxygen atoms in total. The van der Waals surface area contributed by atoms with Gasteiger partial charge in [-0.15, -0.1) is 0 Å². The maximum absolute atomic E-state index is 13.0. The van der Waals surface area contributed by atoms with Gasteiger partial charge >= 0.3 is 11.9 Å². The zero-order valence-electron chi connectivity index (χ0n) is 15.0. The second-order valence-corrected chi connectivity index (χ2v) is 6.66. The third-order valence-corrected chi connectivity index (χ3v) is 4.62. The number of aryl methyl sites for hydroxylation is 1. The minimum atomic E-state index is -4.51. The molecule has 0 amide bonds. The van der Waals surface area contributed by atoms with Crippen LogP contribution in [0.3, 0.4) is 0 Å². The third kappa shape index (κ3) is 3.63. The van der Waals surface area contributed by atoms with E-state index in [9.17, 15) is 18.0 Å². The Labute approximate surface area is 166 Å². The molecule has 0 unspecified atom stereocenters. The molecule has 0 spiro atoms. The second kappa shape index (κ2) is 7.03. The fourth-order valence-corrected chi connectivity index (χ4v) is 3.17. The van der Waals surface area contributed by atoms with Gasteiger partial charge in [-0.05, 0) is 24.1 Å². The highest BCUT2D eigenvalue weighted by Crippen LogP contribution is 2.31. The summed E-state index contributed by atoms with van der Waals surface area (Å²) in [7, 11) is 0. The molecule has 0 saturated heterocycles. The van der Waals surface area contributed by atoms with Gasteiger partial charge in [-0.3, -0.25) is 4.57 Å². The maximum Gasteiger partial charge on any atom is 0.434 e. The quantitative estimate of drug-likeness (QED) is 0.508. The number of hydrogen-bond donors (Lipinski definition) is 1. The van der Waals surface area contributed by atoms with E-state index in [1.807, 2.05) is 0 Å². The molecule has 150 valence electrons. The molecule has 1 aromatic carbocycles. The Morgan fingerprint density at radius 1 is 1.17 bits per heavy atom. The van der Waals surface area contributed by atoms with Crippen LogP contribution in [0.1, 0.15) is 18.2 Å². The van der Waals surface area contributed by atoms with Crippen LogP contribution in [-0.4, -0.2) is 29.1 Å². The van der Waals surface area contributed by atoms with Crippen molar-refractivity contribution < 1.29 is 13.2 Å². The van der Waals surface area contributed by atoms with Gasteiger partial charge in [-0.25, -0.2) is 14.8 Å². The molecule has 0 aliphatic heterocycles. The minimum absolute atomic E-state index is 0.0208. The number of aromatic nitrogens is 6. The highest BCUT2D eigenvalue weighted by Gasteiger charge is 2.34. The van der Waals surface area contributed by atoms with Crippen molar-refractivity contribution in [1.29, 1.82) is 0 Å². The van der Waals surface area contributed by atoms with E-state index < -0.39 is 11.9 Å². The van der Waals surface area contributed by atoms with Gasteiger partial charge in [-0.1, -0.05) is 24.3 Å². The lowest BCUT2D eigenvalue weighted by Gasteiger charge is -2.07. The van der Waals surface area contributed by atoms with Gasteiger partial charge in [0.1, 0.15) is 11.3 Å². The molecule has 29 heavy (non-hydrogen) atoms. The van der Waals surface area contributed by atoms with Crippen molar-refractivity contribution >= 4 is 22.8 Å². The van der Waals surface area contributed by atoms with Gasteiger partial charge in [0, 0.05) is 18.3 Å². The summed E-state index contributed by atoms with van der Waals surface area (Å²) in [4.78, 5) is 26.5. The number of imidazole rings is 2. The molecule has 4 aromatic rings. The molecule has 0 aliphatic carbocycles. The lowest BCUT2D eigenvalue weighted by atomic mass is 10.1. The first kappa shape index (κ1) is 19.2. The van der Waals surface area contributed by atoms with Crippen molar-refractivity contribution in [2.24, 2.45) is 0 Å². The fourth-order valence-electron chi connectivity index (χ4n) is 3.04. The van der Waals surface area contributed by atoms with Crippen molar-refractivity contribution in [3.8, 4) is 11.4 Å². The van der Waals surface area contributed by atoms with E-state index in [1.54, 1.807) is 31.2 Å². The predicted octanol–water partition coefficient (Wildman–Crippen LogP) is 3.72. The van der Waals surface area contributed by atoms with Crippen LogP contribution in [0.25, 0.3) is 22.6 Å². The van der Waals surface area contributed by atoms with E-state index in [0.717, 1.165) is 11.8 Å². The number of aromatic amines is 1. The Morgan fingerprint density at radius 2 is 1.90 bits per heavy atom. The summed E-state index contributed by atoms with van der Waals surface area (Å²) in [5.41, 5.74) is 0.841. The van der Waals surface area contributed by atoms with Crippen LogP contribution in [-0.2, 0) is 19.3 Å². The molecule has 0 atom stereocenters. The Bertz CT molecular complexity index is 1240. The van der Waals surface area contributed by atoms with Gasteiger partial charge in [0.05, 0.1) is 12.7 Å². The van der Waals surface area contributed by atoms with E-state index in [-0.39, 0.29) is 23.3 Å². The molecule has 3 aromatic heterocycles.